The molecule has 12 heteroatoms. The van der Waals surface area contributed by atoms with Crippen LogP contribution in [0.3, 0.4) is 0 Å². The summed E-state index contributed by atoms with van der Waals surface area (Å²) in [6.45, 7) is 5.78. The minimum atomic E-state index is -4.77. The third-order valence-electron chi connectivity index (χ3n) is 4.86. The zero-order chi connectivity index (χ0) is 23.7. The summed E-state index contributed by atoms with van der Waals surface area (Å²) in [7, 11) is -4.59. The van der Waals surface area contributed by atoms with Gasteiger partial charge in [-0.25, -0.2) is 17.9 Å². The lowest BCUT2D eigenvalue weighted by molar-refractivity contribution is -0.158. The molecular formula is C19H25ClF3N3O4S. The third kappa shape index (κ3) is 6.25. The summed E-state index contributed by atoms with van der Waals surface area (Å²) < 4.78 is 65.3. The van der Waals surface area contributed by atoms with Crippen LogP contribution in [-0.4, -0.2) is 43.4 Å². The van der Waals surface area contributed by atoms with E-state index in [9.17, 15) is 31.2 Å². The minimum absolute atomic E-state index is 0.0576. The Morgan fingerprint density at radius 1 is 1.19 bits per heavy atom. The van der Waals surface area contributed by atoms with E-state index in [4.69, 9.17) is 11.6 Å². The van der Waals surface area contributed by atoms with Crippen molar-refractivity contribution in [2.75, 3.05) is 11.9 Å². The molecular weight excluding hydrogens is 459 g/mol. The Bertz CT molecular complexity index is 936. The van der Waals surface area contributed by atoms with Gasteiger partial charge in [-0.3, -0.25) is 4.79 Å². The summed E-state index contributed by atoms with van der Waals surface area (Å²) in [6.07, 6.45) is -5.46. The second-order valence-electron chi connectivity index (χ2n) is 8.00. The minimum Gasteiger partial charge on any atom is -0.315 e. The van der Waals surface area contributed by atoms with Crippen LogP contribution in [0.5, 0.6) is 0 Å². The topological polar surface area (TPSA) is 95.6 Å². The molecule has 1 fully saturated rings. The van der Waals surface area contributed by atoms with Crippen molar-refractivity contribution < 1.29 is 31.2 Å². The van der Waals surface area contributed by atoms with Crippen LogP contribution in [0.2, 0.25) is 5.02 Å². The Kier molecular flexibility index (Phi) is 7.52. The van der Waals surface area contributed by atoms with Gasteiger partial charge in [0.15, 0.2) is 5.37 Å². The van der Waals surface area contributed by atoms with Crippen LogP contribution in [0.25, 0.3) is 0 Å². The molecule has 0 bridgehead atoms. The van der Waals surface area contributed by atoms with Crippen molar-refractivity contribution in [2.45, 2.75) is 63.9 Å². The van der Waals surface area contributed by atoms with Gasteiger partial charge >= 0.3 is 12.2 Å². The monoisotopic (exact) mass is 483 g/mol. The maximum Gasteiger partial charge on any atom is 0.406 e. The molecule has 1 saturated heterocycles. The zero-order valence-electron chi connectivity index (χ0n) is 17.5. The average Bonchev–Trinajstić information content (AvgIpc) is 2.94. The number of alkyl halides is 3. The number of urea groups is 1. The predicted molar refractivity (Wildman–Crippen MR) is 111 cm³/mol. The summed E-state index contributed by atoms with van der Waals surface area (Å²) in [5, 5.41) is 1.18. The Hall–Kier alpha value is -2.01. The van der Waals surface area contributed by atoms with E-state index in [2.05, 4.69) is 5.32 Å². The zero-order valence-corrected chi connectivity index (χ0v) is 19.1. The highest BCUT2D eigenvalue weighted by Crippen LogP contribution is 2.35. The molecule has 2 rings (SSSR count). The first-order valence-electron chi connectivity index (χ1n) is 9.64. The number of carbonyl (C=O) groups excluding carboxylic acids is 2. The van der Waals surface area contributed by atoms with Crippen molar-refractivity contribution in [1.29, 1.82) is 0 Å². The van der Waals surface area contributed by atoms with Crippen LogP contribution in [0.1, 0.15) is 63.5 Å². The number of hydrogen-bond donors (Lipinski definition) is 2. The highest BCUT2D eigenvalue weighted by atomic mass is 35.5. The highest BCUT2D eigenvalue weighted by molar-refractivity contribution is 7.90. The molecule has 174 valence electrons. The molecule has 0 aliphatic carbocycles. The first-order chi connectivity index (χ1) is 14.1. The second-order valence-corrected chi connectivity index (χ2v) is 10.3. The second kappa shape index (κ2) is 9.23. The van der Waals surface area contributed by atoms with E-state index in [-0.39, 0.29) is 29.6 Å². The van der Waals surface area contributed by atoms with E-state index < -0.39 is 40.1 Å². The Morgan fingerprint density at radius 3 is 2.16 bits per heavy atom. The number of anilines is 1. The lowest BCUT2D eigenvalue weighted by Gasteiger charge is -2.26. The van der Waals surface area contributed by atoms with Crippen molar-refractivity contribution in [3.63, 3.8) is 0 Å². The Morgan fingerprint density at radius 2 is 1.71 bits per heavy atom. The SMILES string of the molecule is CC(C)c1cc(Cl)cc(C(C)C)c1NC(=O)NS(=O)(=O)C1CCC(=O)N1CC(F)(F)F. The molecule has 2 N–H and O–H groups in total. The summed E-state index contributed by atoms with van der Waals surface area (Å²) in [5.41, 5.74) is 1.74. The third-order valence-corrected chi connectivity index (χ3v) is 6.76. The Balaban J connectivity index is 2.29. The summed E-state index contributed by atoms with van der Waals surface area (Å²) >= 11 is 6.17. The fourth-order valence-corrected chi connectivity index (χ4v) is 5.09. The first kappa shape index (κ1) is 25.3. The molecule has 1 aromatic rings. The van der Waals surface area contributed by atoms with Gasteiger partial charge < -0.3 is 10.2 Å². The number of nitrogens with one attached hydrogen (secondary N) is 2. The molecule has 3 amide bonds. The van der Waals surface area contributed by atoms with Gasteiger partial charge in [0.05, 0.1) is 0 Å². The van der Waals surface area contributed by atoms with Crippen molar-refractivity contribution in [3.05, 3.63) is 28.3 Å². The largest absolute Gasteiger partial charge is 0.406 e. The van der Waals surface area contributed by atoms with Crippen molar-refractivity contribution in [2.24, 2.45) is 0 Å². The Labute approximate surface area is 184 Å². The number of benzene rings is 1. The molecule has 31 heavy (non-hydrogen) atoms. The molecule has 0 radical (unpaired) electrons. The van der Waals surface area contributed by atoms with E-state index in [0.717, 1.165) is 0 Å². The average molecular weight is 484 g/mol. The van der Waals surface area contributed by atoms with E-state index in [1.807, 2.05) is 27.7 Å². The molecule has 0 aromatic heterocycles. The fraction of sp³-hybridized carbons (Fsp3) is 0.579. The quantitative estimate of drug-likeness (QED) is 0.620. The first-order valence-corrected chi connectivity index (χ1v) is 11.6. The van der Waals surface area contributed by atoms with Crippen LogP contribution < -0.4 is 10.0 Å². The van der Waals surface area contributed by atoms with Gasteiger partial charge in [0, 0.05) is 17.1 Å². The molecule has 1 atom stereocenters. The lowest BCUT2D eigenvalue weighted by Crippen LogP contribution is -2.49. The van der Waals surface area contributed by atoms with Crippen LogP contribution in [0.15, 0.2) is 12.1 Å². The number of likely N-dealkylation sites (tertiary alicyclic amines) is 1. The number of nitrogens with zero attached hydrogens (tertiary/aromatic N) is 1. The summed E-state index contributed by atoms with van der Waals surface area (Å²) in [6, 6.07) is 2.18. The maximum absolute atomic E-state index is 12.8. The maximum atomic E-state index is 12.8. The van der Waals surface area contributed by atoms with Gasteiger partial charge in [-0.1, -0.05) is 39.3 Å². The molecule has 1 aromatic carbocycles. The van der Waals surface area contributed by atoms with Gasteiger partial charge in [-0.05, 0) is 41.5 Å². The number of hydrogen-bond acceptors (Lipinski definition) is 4. The highest BCUT2D eigenvalue weighted by Gasteiger charge is 2.45. The summed E-state index contributed by atoms with van der Waals surface area (Å²) in [4.78, 5) is 24.5. The van der Waals surface area contributed by atoms with Crippen LogP contribution in [0.4, 0.5) is 23.7 Å². The number of rotatable bonds is 6. The number of amides is 3. The van der Waals surface area contributed by atoms with Gasteiger partial charge in [-0.2, -0.15) is 13.2 Å². The predicted octanol–water partition coefficient (Wildman–Crippen LogP) is 4.55. The van der Waals surface area contributed by atoms with E-state index in [1.165, 1.54) is 0 Å². The van der Waals surface area contributed by atoms with Crippen molar-refractivity contribution >= 4 is 39.2 Å². The van der Waals surface area contributed by atoms with Crippen LogP contribution >= 0.6 is 11.6 Å². The molecule has 1 heterocycles. The van der Waals surface area contributed by atoms with E-state index in [1.54, 1.807) is 16.9 Å². The molecule has 0 spiro atoms. The molecule has 1 unspecified atom stereocenters. The fourth-order valence-electron chi connectivity index (χ4n) is 3.45. The van der Waals surface area contributed by atoms with Gasteiger partial charge in [-0.15, -0.1) is 0 Å². The summed E-state index contributed by atoms with van der Waals surface area (Å²) in [5.74, 6) is -1.05. The molecule has 0 saturated carbocycles. The van der Waals surface area contributed by atoms with Crippen LogP contribution in [-0.2, 0) is 14.8 Å². The molecule has 1 aliphatic rings. The van der Waals surface area contributed by atoms with Crippen LogP contribution in [0, 0.1) is 0 Å². The van der Waals surface area contributed by atoms with E-state index in [0.29, 0.717) is 21.8 Å². The molecule has 7 nitrogen and oxygen atoms in total. The van der Waals surface area contributed by atoms with Crippen molar-refractivity contribution in [1.82, 2.24) is 9.62 Å². The van der Waals surface area contributed by atoms with Gasteiger partial charge in [0.1, 0.15) is 6.54 Å². The normalized spacial score (nSPS) is 17.5. The number of halogens is 4. The standard InChI is InChI=1S/C19H25ClF3N3O4S/c1-10(2)13-7-12(20)8-14(11(3)4)17(13)24-18(28)25-31(29,30)16-6-5-15(27)26(16)9-19(21,22)23/h7-8,10-11,16H,5-6,9H2,1-4H3,(H2,24,25,28). The number of sulfonamides is 1. The lowest BCUT2D eigenvalue weighted by atomic mass is 9.92. The smallest absolute Gasteiger partial charge is 0.315 e. The van der Waals surface area contributed by atoms with Gasteiger partial charge in [0.2, 0.25) is 5.91 Å². The van der Waals surface area contributed by atoms with E-state index >= 15 is 0 Å². The van der Waals surface area contributed by atoms with Gasteiger partial charge in [0.25, 0.3) is 10.0 Å². The molecule has 1 aliphatic heterocycles. The van der Waals surface area contributed by atoms with Crippen molar-refractivity contribution in [3.8, 4) is 0 Å². The number of carbonyl (C=O) groups is 2.